The van der Waals surface area contributed by atoms with E-state index >= 15 is 0 Å². The van der Waals surface area contributed by atoms with Gasteiger partial charge in [0.1, 0.15) is 22.5 Å². The maximum absolute atomic E-state index is 13.3. The number of carboxylic acid groups (broad SMARTS) is 2. The number of anilines is 1. The number of benzene rings is 1. The second-order valence-electron chi connectivity index (χ2n) is 12.3. The number of aromatic hydroxyl groups is 2. The van der Waals surface area contributed by atoms with Crippen molar-refractivity contribution in [1.82, 2.24) is 15.2 Å². The van der Waals surface area contributed by atoms with E-state index in [1.54, 1.807) is 18.2 Å². The number of rotatable bonds is 13. The number of carbonyl (C=O) groups excluding carboxylic acids is 2. The van der Waals surface area contributed by atoms with Crippen molar-refractivity contribution >= 4 is 57.7 Å². The molecule has 4 rings (SSSR count). The number of thioether (sulfide) groups is 1. The van der Waals surface area contributed by atoms with Crippen LogP contribution in [0.1, 0.15) is 25.1 Å². The molecule has 0 spiro atoms. The van der Waals surface area contributed by atoms with E-state index in [-0.39, 0.29) is 40.3 Å². The monoisotopic (exact) mass is 677 g/mol. The summed E-state index contributed by atoms with van der Waals surface area (Å²) < 4.78 is 0.516. The molecule has 0 aliphatic carbocycles. The summed E-state index contributed by atoms with van der Waals surface area (Å²) in [5, 5.41) is 46.2. The van der Waals surface area contributed by atoms with E-state index in [0.29, 0.717) is 24.0 Å². The molecule has 7 N–H and O–H groups in total. The van der Waals surface area contributed by atoms with Gasteiger partial charge in [0.25, 0.3) is 5.91 Å². The molecule has 3 atom stereocenters. The fourth-order valence-corrected chi connectivity index (χ4v) is 6.78. The third kappa shape index (κ3) is 7.54. The molecule has 17 heteroatoms. The number of hydrogen-bond donors (Lipinski definition) is 6. The molecule has 2 aromatic rings. The number of quaternary nitrogens is 1. The predicted octanol–water partition coefficient (Wildman–Crippen LogP) is 1.07. The van der Waals surface area contributed by atoms with Crippen molar-refractivity contribution in [1.29, 1.82) is 0 Å². The lowest BCUT2D eigenvalue weighted by molar-refractivity contribution is -0.884. The van der Waals surface area contributed by atoms with Crippen molar-refractivity contribution < 1.29 is 48.9 Å². The number of oxime groups is 1. The molecule has 2 saturated heterocycles. The van der Waals surface area contributed by atoms with Gasteiger partial charge in [-0.1, -0.05) is 17.3 Å². The highest BCUT2D eigenvalue weighted by molar-refractivity contribution is 8.00. The Morgan fingerprint density at radius 3 is 2.59 bits per heavy atom. The molecule has 46 heavy (non-hydrogen) atoms. The molecule has 1 aromatic carbocycles. The lowest BCUT2D eigenvalue weighted by atomic mass is 9.86. The Hall–Kier alpha value is -4.35. The number of aliphatic carboxylic acids is 2. The van der Waals surface area contributed by atoms with Crippen LogP contribution in [-0.2, 0) is 30.4 Å². The zero-order chi connectivity index (χ0) is 34.0. The van der Waals surface area contributed by atoms with E-state index in [0.717, 1.165) is 16.9 Å². The van der Waals surface area contributed by atoms with Crippen LogP contribution in [0.4, 0.5) is 5.13 Å². The number of thiazole rings is 1. The third-order valence-electron chi connectivity index (χ3n) is 7.76. The van der Waals surface area contributed by atoms with Gasteiger partial charge in [0.2, 0.25) is 11.5 Å². The number of phenolic OH excluding ortho intramolecular Hbond substituents is 2. The van der Waals surface area contributed by atoms with Crippen molar-refractivity contribution in [3.63, 3.8) is 0 Å². The van der Waals surface area contributed by atoms with Gasteiger partial charge in [-0.25, -0.2) is 9.78 Å². The molecular weight excluding hydrogens is 640 g/mol. The number of nitrogen functional groups attached to an aromatic ring is 1. The van der Waals surface area contributed by atoms with E-state index < -0.39 is 46.2 Å². The van der Waals surface area contributed by atoms with Crippen LogP contribution in [0, 0.1) is 5.41 Å². The van der Waals surface area contributed by atoms with Crippen molar-refractivity contribution in [2.75, 3.05) is 45.2 Å². The lowest BCUT2D eigenvalue weighted by Gasteiger charge is -2.53. The van der Waals surface area contributed by atoms with E-state index in [9.17, 15) is 39.6 Å². The van der Waals surface area contributed by atoms with Crippen molar-refractivity contribution in [2.24, 2.45) is 10.6 Å². The van der Waals surface area contributed by atoms with Crippen LogP contribution in [0.15, 0.2) is 40.9 Å². The smallest absolute Gasteiger partial charge is 0.350 e. The topological polar surface area (TPSA) is 225 Å². The number of amides is 2. The van der Waals surface area contributed by atoms with Gasteiger partial charge < -0.3 is 45.7 Å². The van der Waals surface area contributed by atoms with Gasteiger partial charge in [0.15, 0.2) is 22.3 Å². The lowest BCUT2D eigenvalue weighted by Crippen LogP contribution is -2.73. The van der Waals surface area contributed by atoms with Crippen LogP contribution in [-0.4, -0.2) is 121 Å². The molecule has 0 radical (unpaired) electrons. The molecule has 2 amide bonds. The maximum Gasteiger partial charge on any atom is 0.350 e. The maximum atomic E-state index is 13.3. The minimum Gasteiger partial charge on any atom is -0.504 e. The first kappa shape index (κ1) is 34.5. The summed E-state index contributed by atoms with van der Waals surface area (Å²) in [5.74, 6) is -3.91. The minimum atomic E-state index is -1.76. The second kappa shape index (κ2) is 13.2. The standard InChI is InChI=1S/C29H36N6O9S2/c1-28(2,25(40)41)44-33-20(17-13-45-27(30)31-17)22(38)32-21-23(39)34-14-29(26(42)43,15-46-24(21)34)9-5-10-35(3,4)11-8-16-6-7-18(36)19(37)12-16/h5-7,9,12-13,21,24H,8,10-11,14-15H2,1-4H3,(H6-,30,31,32,33,36,37,38,40,41,42,43)/p+1/t21?,24-,29?/m1/s1. The van der Waals surface area contributed by atoms with Crippen LogP contribution in [0.3, 0.4) is 0 Å². The fraction of sp³-hybridized carbons (Fsp3) is 0.448. The van der Waals surface area contributed by atoms with Gasteiger partial charge in [-0.2, -0.15) is 0 Å². The highest BCUT2D eigenvalue weighted by Crippen LogP contribution is 2.43. The number of carboxylic acids is 2. The Morgan fingerprint density at radius 2 is 1.98 bits per heavy atom. The highest BCUT2D eigenvalue weighted by atomic mass is 32.2. The fourth-order valence-electron chi connectivity index (χ4n) is 4.72. The van der Waals surface area contributed by atoms with Crippen LogP contribution in [0.2, 0.25) is 0 Å². The normalized spacial score (nSPS) is 21.9. The number of β-lactam (4-membered cyclic amide) rings is 1. The number of aromatic nitrogens is 1. The van der Waals surface area contributed by atoms with Gasteiger partial charge >= 0.3 is 11.9 Å². The summed E-state index contributed by atoms with van der Waals surface area (Å²) in [6.07, 6.45) is 4.05. The van der Waals surface area contributed by atoms with Gasteiger partial charge in [-0.3, -0.25) is 14.4 Å². The molecule has 1 aromatic heterocycles. The minimum absolute atomic E-state index is 0.0404. The molecular formula is C29H37N6O9S2+. The predicted molar refractivity (Wildman–Crippen MR) is 170 cm³/mol. The first-order chi connectivity index (χ1) is 21.4. The first-order valence-electron chi connectivity index (χ1n) is 14.1. The number of fused-ring (bicyclic) bond motifs is 1. The molecule has 2 aliphatic rings. The zero-order valence-corrected chi connectivity index (χ0v) is 27.3. The van der Waals surface area contributed by atoms with Crippen LogP contribution < -0.4 is 11.1 Å². The van der Waals surface area contributed by atoms with E-state index in [4.69, 9.17) is 10.6 Å². The number of phenols is 2. The number of nitrogens with two attached hydrogens (primary N) is 1. The third-order valence-corrected chi connectivity index (χ3v) is 9.98. The average Bonchev–Trinajstić information content (AvgIpc) is 3.41. The Labute approximate surface area is 272 Å². The van der Waals surface area contributed by atoms with Crippen LogP contribution in [0.25, 0.3) is 0 Å². The van der Waals surface area contributed by atoms with Gasteiger partial charge in [-0.05, 0) is 37.6 Å². The van der Waals surface area contributed by atoms with Crippen molar-refractivity contribution in [2.45, 2.75) is 37.3 Å². The zero-order valence-electron chi connectivity index (χ0n) is 25.7. The number of likely N-dealkylation sites (N-methyl/N-ethyl adjacent to an activating group) is 1. The Bertz CT molecular complexity index is 1590. The SMILES string of the molecule is CC(C)(ON=C(C(=O)NC1C(=O)N2CC(C=CC[N+](C)(C)CCc3ccc(O)c(O)c3)(C(=O)O)CS[C@H]12)c1csc(N)n1)C(=O)O. The summed E-state index contributed by atoms with van der Waals surface area (Å²) >= 11 is 2.26. The molecule has 2 aliphatic heterocycles. The van der Waals surface area contributed by atoms with Gasteiger partial charge in [0, 0.05) is 24.1 Å². The van der Waals surface area contributed by atoms with E-state index in [1.807, 2.05) is 14.1 Å². The highest BCUT2D eigenvalue weighted by Gasteiger charge is 2.57. The van der Waals surface area contributed by atoms with E-state index in [1.165, 1.54) is 48.0 Å². The second-order valence-corrected chi connectivity index (χ2v) is 14.3. The Kier molecular flexibility index (Phi) is 9.89. The summed E-state index contributed by atoms with van der Waals surface area (Å²) in [4.78, 5) is 60.9. The summed E-state index contributed by atoms with van der Waals surface area (Å²) in [5.41, 5.74) is 3.14. The van der Waals surface area contributed by atoms with Gasteiger partial charge in [0.05, 0.1) is 27.2 Å². The largest absolute Gasteiger partial charge is 0.504 e. The molecule has 0 saturated carbocycles. The number of hydrogen-bond acceptors (Lipinski definition) is 12. The van der Waals surface area contributed by atoms with Crippen molar-refractivity contribution in [3.8, 4) is 11.5 Å². The molecule has 2 fully saturated rings. The number of carbonyl (C=O) groups is 4. The number of nitrogens with one attached hydrogen (secondary N) is 1. The summed E-state index contributed by atoms with van der Waals surface area (Å²) in [6.45, 7) is 3.60. The van der Waals surface area contributed by atoms with Crippen molar-refractivity contribution in [3.05, 3.63) is 47.0 Å². The summed E-state index contributed by atoms with van der Waals surface area (Å²) in [6, 6.07) is 3.70. The first-order valence-corrected chi connectivity index (χ1v) is 16.1. The molecule has 3 heterocycles. The van der Waals surface area contributed by atoms with Crippen LogP contribution in [0.5, 0.6) is 11.5 Å². The molecule has 248 valence electrons. The quantitative estimate of drug-likeness (QED) is 0.0437. The van der Waals surface area contributed by atoms with Gasteiger partial charge in [-0.15, -0.1) is 23.1 Å². The number of nitrogens with zero attached hydrogens (tertiary/aromatic N) is 4. The molecule has 0 bridgehead atoms. The Balaban J connectivity index is 1.40. The Morgan fingerprint density at radius 1 is 1.26 bits per heavy atom. The van der Waals surface area contributed by atoms with Crippen LogP contribution >= 0.6 is 23.1 Å². The average molecular weight is 678 g/mol. The molecule has 15 nitrogen and oxygen atoms in total. The molecule has 2 unspecified atom stereocenters. The van der Waals surface area contributed by atoms with E-state index in [2.05, 4.69) is 15.5 Å². The summed E-state index contributed by atoms with van der Waals surface area (Å²) in [7, 11) is 3.97.